The number of benzene rings is 1. The van der Waals surface area contributed by atoms with Crippen LogP contribution in [-0.4, -0.2) is 53.2 Å². The summed E-state index contributed by atoms with van der Waals surface area (Å²) in [4.78, 5) is 17.4. The summed E-state index contributed by atoms with van der Waals surface area (Å²) in [7, 11) is -3.65. The maximum atomic E-state index is 12.8. The first-order chi connectivity index (χ1) is 13.4. The highest BCUT2D eigenvalue weighted by Crippen LogP contribution is 2.30. The van der Waals surface area contributed by atoms with Gasteiger partial charge in [-0.15, -0.1) is 0 Å². The summed E-state index contributed by atoms with van der Waals surface area (Å²) in [6.07, 6.45) is 1.59. The summed E-state index contributed by atoms with van der Waals surface area (Å²) in [5.74, 6) is 0.129. The largest absolute Gasteiger partial charge is 0.372 e. The van der Waals surface area contributed by atoms with Crippen LogP contribution in [0.5, 0.6) is 0 Å². The molecule has 0 saturated carbocycles. The third kappa shape index (κ3) is 3.19. The van der Waals surface area contributed by atoms with Crippen LogP contribution in [0.1, 0.15) is 0 Å². The highest BCUT2D eigenvalue weighted by atomic mass is 35.5. The Morgan fingerprint density at radius 1 is 1.04 bits per heavy atom. The van der Waals surface area contributed by atoms with Crippen molar-refractivity contribution in [2.24, 2.45) is 0 Å². The molecule has 0 bridgehead atoms. The molecule has 1 saturated heterocycles. The molecule has 0 N–H and O–H groups in total. The first kappa shape index (κ1) is 18.7. The third-order valence-electron chi connectivity index (χ3n) is 4.65. The van der Waals surface area contributed by atoms with E-state index in [1.54, 1.807) is 29.3 Å². The van der Waals surface area contributed by atoms with Gasteiger partial charge in [-0.2, -0.15) is 13.7 Å². The quantitative estimate of drug-likeness (QED) is 0.473. The van der Waals surface area contributed by atoms with Crippen LogP contribution in [-0.2, 0) is 10.0 Å². The Bertz CT molecular complexity index is 1140. The number of pyridine rings is 1. The number of rotatable bonds is 4. The molecule has 2 aromatic heterocycles. The molecule has 3 heterocycles. The van der Waals surface area contributed by atoms with E-state index in [1.165, 1.54) is 33.0 Å². The van der Waals surface area contributed by atoms with Gasteiger partial charge in [0.05, 0.1) is 11.1 Å². The highest BCUT2D eigenvalue weighted by molar-refractivity contribution is 7.89. The van der Waals surface area contributed by atoms with Crippen molar-refractivity contribution < 1.29 is 13.3 Å². The summed E-state index contributed by atoms with van der Waals surface area (Å²) in [5.41, 5.74) is 0.473. The number of nitrogens with zero attached hydrogens (tertiary/aromatic N) is 5. The van der Waals surface area contributed by atoms with E-state index in [1.807, 2.05) is 0 Å². The minimum absolute atomic E-state index is 0.121. The first-order valence-corrected chi connectivity index (χ1v) is 10.3. The Morgan fingerprint density at radius 2 is 1.71 bits per heavy atom. The Kier molecular flexibility index (Phi) is 4.69. The van der Waals surface area contributed by atoms with Gasteiger partial charge in [0.15, 0.2) is 0 Å². The summed E-state index contributed by atoms with van der Waals surface area (Å²) < 4.78 is 28.4. The second-order valence-corrected chi connectivity index (χ2v) is 8.66. The average molecular weight is 422 g/mol. The zero-order valence-corrected chi connectivity index (χ0v) is 16.2. The minimum Gasteiger partial charge on any atom is -0.358 e. The number of sulfonamides is 1. The van der Waals surface area contributed by atoms with Gasteiger partial charge in [-0.1, -0.05) is 17.7 Å². The topological polar surface area (TPSA) is 101 Å². The molecule has 4 rings (SSSR count). The molecule has 28 heavy (non-hydrogen) atoms. The van der Waals surface area contributed by atoms with E-state index in [4.69, 9.17) is 11.6 Å². The first-order valence-electron chi connectivity index (χ1n) is 8.50. The number of imidazole rings is 1. The number of aromatic nitrogens is 2. The molecule has 1 aromatic carbocycles. The second kappa shape index (κ2) is 7.04. The zero-order chi connectivity index (χ0) is 19.9. The highest BCUT2D eigenvalue weighted by Gasteiger charge is 2.33. The average Bonchev–Trinajstić information content (AvgIpc) is 3.08. The van der Waals surface area contributed by atoms with Gasteiger partial charge in [0.1, 0.15) is 0 Å². The molecule has 1 aliphatic heterocycles. The third-order valence-corrected chi connectivity index (χ3v) is 6.81. The van der Waals surface area contributed by atoms with Crippen LogP contribution in [0.2, 0.25) is 5.02 Å². The van der Waals surface area contributed by atoms with Gasteiger partial charge in [0.25, 0.3) is 0 Å². The lowest BCUT2D eigenvalue weighted by atomic mass is 10.3. The van der Waals surface area contributed by atoms with Crippen LogP contribution < -0.4 is 4.90 Å². The zero-order valence-electron chi connectivity index (χ0n) is 14.6. The number of anilines is 1. The van der Waals surface area contributed by atoms with Crippen molar-refractivity contribution in [1.29, 1.82) is 0 Å². The Balaban J connectivity index is 1.58. The molecule has 146 valence electrons. The van der Waals surface area contributed by atoms with E-state index in [9.17, 15) is 18.5 Å². The van der Waals surface area contributed by atoms with Gasteiger partial charge in [0, 0.05) is 37.3 Å². The smallest absolute Gasteiger partial charge is 0.358 e. The normalized spacial score (nSPS) is 15.8. The van der Waals surface area contributed by atoms with Crippen LogP contribution in [0.4, 0.5) is 11.6 Å². The number of hydrogen-bond donors (Lipinski definition) is 0. The van der Waals surface area contributed by atoms with Crippen LogP contribution in [0.25, 0.3) is 5.65 Å². The van der Waals surface area contributed by atoms with Gasteiger partial charge >= 0.3 is 5.82 Å². The molecule has 0 amide bonds. The number of fused-ring (bicyclic) bond motifs is 1. The fourth-order valence-corrected chi connectivity index (χ4v) is 4.80. The molecule has 3 aromatic rings. The molecule has 9 nitrogen and oxygen atoms in total. The Labute approximate surface area is 166 Å². The van der Waals surface area contributed by atoms with E-state index < -0.39 is 14.9 Å². The molecule has 1 aliphatic rings. The van der Waals surface area contributed by atoms with Crippen LogP contribution in [0.15, 0.2) is 53.6 Å². The van der Waals surface area contributed by atoms with Gasteiger partial charge < -0.3 is 15.0 Å². The van der Waals surface area contributed by atoms with E-state index in [-0.39, 0.29) is 29.6 Å². The molecule has 0 atom stereocenters. The Hall–Kier alpha value is -2.69. The van der Waals surface area contributed by atoms with Crippen molar-refractivity contribution in [3.8, 4) is 0 Å². The number of piperazine rings is 1. The van der Waals surface area contributed by atoms with Gasteiger partial charge in [-0.3, -0.25) is 0 Å². The molecular weight excluding hydrogens is 406 g/mol. The number of halogens is 1. The fraction of sp³-hybridized carbons (Fsp3) is 0.235. The molecule has 0 unspecified atom stereocenters. The fourth-order valence-electron chi connectivity index (χ4n) is 3.25. The lowest BCUT2D eigenvalue weighted by Gasteiger charge is -2.33. The molecule has 11 heteroatoms. The van der Waals surface area contributed by atoms with Crippen LogP contribution >= 0.6 is 11.6 Å². The molecular formula is C17H16ClN5O4S. The van der Waals surface area contributed by atoms with Gasteiger partial charge in [0.2, 0.25) is 21.5 Å². The van der Waals surface area contributed by atoms with Crippen molar-refractivity contribution in [2.75, 3.05) is 31.1 Å². The Morgan fingerprint density at radius 3 is 2.36 bits per heavy atom. The van der Waals surface area contributed by atoms with Crippen molar-refractivity contribution in [3.63, 3.8) is 0 Å². The SMILES string of the molecule is O=[N+]([O-])c1c(N2CCN(S(=O)(=O)c3ccc(Cl)cc3)CC2)nc2ccccn12. The standard InChI is InChI=1S/C17H16ClN5O4S/c18-13-4-6-14(7-5-13)28(26,27)21-11-9-20(10-12-21)16-17(23(24)25)22-8-2-1-3-15(22)19-16/h1-8H,9-12H2. The van der Waals surface area contributed by atoms with E-state index in [2.05, 4.69) is 4.98 Å². The maximum absolute atomic E-state index is 12.8. The summed E-state index contributed by atoms with van der Waals surface area (Å²) in [6, 6.07) is 11.1. The molecule has 0 aliphatic carbocycles. The van der Waals surface area contributed by atoms with Crippen molar-refractivity contribution in [2.45, 2.75) is 4.90 Å². The summed E-state index contributed by atoms with van der Waals surface area (Å²) >= 11 is 5.83. The van der Waals surface area contributed by atoms with Crippen molar-refractivity contribution in [1.82, 2.24) is 13.7 Å². The van der Waals surface area contributed by atoms with E-state index in [0.717, 1.165) is 0 Å². The number of nitro groups is 1. The van der Waals surface area contributed by atoms with Crippen LogP contribution in [0.3, 0.4) is 0 Å². The minimum atomic E-state index is -3.65. The lowest BCUT2D eigenvalue weighted by molar-refractivity contribution is -0.389. The van der Waals surface area contributed by atoms with E-state index >= 15 is 0 Å². The molecule has 0 spiro atoms. The summed E-state index contributed by atoms with van der Waals surface area (Å²) in [5, 5.41) is 12.0. The predicted octanol–water partition coefficient (Wildman–Crippen LogP) is 2.41. The van der Waals surface area contributed by atoms with Crippen molar-refractivity contribution >= 4 is 38.9 Å². The van der Waals surface area contributed by atoms with Gasteiger partial charge in [-0.05, 0) is 35.3 Å². The van der Waals surface area contributed by atoms with Gasteiger partial charge in [-0.25, -0.2) is 8.42 Å². The maximum Gasteiger partial charge on any atom is 0.372 e. The van der Waals surface area contributed by atoms with Crippen molar-refractivity contribution in [3.05, 3.63) is 63.8 Å². The number of hydrogen-bond acceptors (Lipinski definition) is 6. The van der Waals surface area contributed by atoms with Crippen LogP contribution in [0, 0.1) is 10.1 Å². The van der Waals surface area contributed by atoms with E-state index in [0.29, 0.717) is 23.8 Å². The lowest BCUT2D eigenvalue weighted by Crippen LogP contribution is -2.48. The molecule has 0 radical (unpaired) electrons. The summed E-state index contributed by atoms with van der Waals surface area (Å²) in [6.45, 7) is 1.01. The second-order valence-electron chi connectivity index (χ2n) is 6.29. The predicted molar refractivity (Wildman–Crippen MR) is 104 cm³/mol. The monoisotopic (exact) mass is 421 g/mol. The molecule has 1 fully saturated rings.